The van der Waals surface area contributed by atoms with E-state index in [9.17, 15) is 4.79 Å². The van der Waals surface area contributed by atoms with Gasteiger partial charge in [-0.05, 0) is 24.3 Å². The third-order valence-corrected chi connectivity index (χ3v) is 4.48. The number of carbonyl (C=O) groups excluding carboxylic acids is 1. The van der Waals surface area contributed by atoms with E-state index in [0.717, 1.165) is 22.3 Å². The second-order valence-electron chi connectivity index (χ2n) is 4.72. The Morgan fingerprint density at radius 1 is 1.33 bits per heavy atom. The van der Waals surface area contributed by atoms with E-state index in [1.807, 2.05) is 35.9 Å². The van der Waals surface area contributed by atoms with Gasteiger partial charge in [0, 0.05) is 12.6 Å². The summed E-state index contributed by atoms with van der Waals surface area (Å²) in [6.07, 6.45) is 0.426. The Kier molecular flexibility index (Phi) is 3.83. The normalized spacial score (nSPS) is 17.8. The molecule has 1 atom stereocenters. The third-order valence-electron chi connectivity index (χ3n) is 3.28. The molecule has 1 saturated heterocycles. The van der Waals surface area contributed by atoms with Crippen LogP contribution in [0, 0.1) is 0 Å². The first-order valence-electron chi connectivity index (χ1n) is 6.53. The van der Waals surface area contributed by atoms with Crippen molar-refractivity contribution in [3.8, 4) is 17.1 Å². The van der Waals surface area contributed by atoms with Crippen molar-refractivity contribution in [2.75, 3.05) is 13.7 Å². The molecule has 6 nitrogen and oxygen atoms in total. The van der Waals surface area contributed by atoms with E-state index in [1.54, 1.807) is 7.11 Å². The molecule has 110 valence electrons. The number of rotatable bonds is 4. The number of thioether (sulfide) groups is 1. The van der Waals surface area contributed by atoms with Crippen molar-refractivity contribution in [1.29, 1.82) is 0 Å². The van der Waals surface area contributed by atoms with E-state index in [2.05, 4.69) is 10.2 Å². The molecule has 2 aromatic rings. The Bertz CT molecular complexity index is 654. The van der Waals surface area contributed by atoms with E-state index < -0.39 is 0 Å². The summed E-state index contributed by atoms with van der Waals surface area (Å²) in [7, 11) is 3.55. The molecule has 1 aliphatic heterocycles. The molecule has 7 heteroatoms. The molecule has 2 heterocycles. The van der Waals surface area contributed by atoms with Crippen LogP contribution in [-0.4, -0.2) is 39.7 Å². The zero-order chi connectivity index (χ0) is 14.8. The highest BCUT2D eigenvalue weighted by atomic mass is 32.2. The van der Waals surface area contributed by atoms with Gasteiger partial charge in [0.25, 0.3) is 0 Å². The van der Waals surface area contributed by atoms with Crippen LogP contribution in [0.5, 0.6) is 5.75 Å². The number of methoxy groups -OCH3 is 1. The summed E-state index contributed by atoms with van der Waals surface area (Å²) in [5, 5.41) is 9.33. The molecule has 0 unspecified atom stereocenters. The summed E-state index contributed by atoms with van der Waals surface area (Å²) in [5.74, 6) is 1.44. The Hall–Kier alpha value is -2.02. The molecule has 1 aliphatic rings. The summed E-state index contributed by atoms with van der Waals surface area (Å²) < 4.78 is 12.0. The second kappa shape index (κ2) is 5.77. The SMILES string of the molecule is COc1ccc(-c2nnc(S[C@H]3COC(=O)C3)n2C)cc1. The number of carbonyl (C=O) groups is 1. The number of nitrogens with zero attached hydrogens (tertiary/aromatic N) is 3. The highest BCUT2D eigenvalue weighted by Crippen LogP contribution is 2.30. The Morgan fingerprint density at radius 3 is 2.71 bits per heavy atom. The van der Waals surface area contributed by atoms with Gasteiger partial charge in [0.1, 0.15) is 12.4 Å². The maximum Gasteiger partial charge on any atom is 0.307 e. The molecule has 0 N–H and O–H groups in total. The van der Waals surface area contributed by atoms with Gasteiger partial charge in [0.05, 0.1) is 18.8 Å². The van der Waals surface area contributed by atoms with Crippen LogP contribution >= 0.6 is 11.8 Å². The summed E-state index contributed by atoms with van der Waals surface area (Å²) in [5.41, 5.74) is 0.969. The lowest BCUT2D eigenvalue weighted by Crippen LogP contribution is -2.04. The lowest BCUT2D eigenvalue weighted by atomic mass is 10.2. The maximum atomic E-state index is 11.1. The molecular formula is C14H15N3O3S. The van der Waals surface area contributed by atoms with Crippen molar-refractivity contribution in [2.45, 2.75) is 16.8 Å². The molecule has 1 aromatic carbocycles. The summed E-state index contributed by atoms with van der Waals surface area (Å²) >= 11 is 1.52. The quantitative estimate of drug-likeness (QED) is 0.804. The monoisotopic (exact) mass is 305 g/mol. The molecule has 1 fully saturated rings. The lowest BCUT2D eigenvalue weighted by molar-refractivity contribution is -0.137. The van der Waals surface area contributed by atoms with Crippen LogP contribution < -0.4 is 4.74 Å². The van der Waals surface area contributed by atoms with Crippen molar-refractivity contribution in [2.24, 2.45) is 7.05 Å². The summed E-state index contributed by atoms with van der Waals surface area (Å²) in [6, 6.07) is 7.67. The Balaban J connectivity index is 1.79. The Morgan fingerprint density at radius 2 is 2.10 bits per heavy atom. The molecule has 0 radical (unpaired) electrons. The van der Waals surface area contributed by atoms with Crippen LogP contribution in [0.25, 0.3) is 11.4 Å². The largest absolute Gasteiger partial charge is 0.497 e. The van der Waals surface area contributed by atoms with E-state index in [1.165, 1.54) is 11.8 Å². The minimum Gasteiger partial charge on any atom is -0.497 e. The standard InChI is InChI=1S/C14H15N3O3S/c1-17-13(9-3-5-10(19-2)6-4-9)15-16-14(17)21-11-7-12(18)20-8-11/h3-6,11H,7-8H2,1-2H3/t11-/m1/s1. The first kappa shape index (κ1) is 13.9. The van der Waals surface area contributed by atoms with E-state index >= 15 is 0 Å². The molecule has 0 aliphatic carbocycles. The summed E-state index contributed by atoms with van der Waals surface area (Å²) in [6.45, 7) is 0.439. The fourth-order valence-electron chi connectivity index (χ4n) is 2.12. The van der Waals surface area contributed by atoms with Gasteiger partial charge in [0.2, 0.25) is 0 Å². The fraction of sp³-hybridized carbons (Fsp3) is 0.357. The van der Waals surface area contributed by atoms with Gasteiger partial charge in [-0.1, -0.05) is 11.8 Å². The average molecular weight is 305 g/mol. The minimum atomic E-state index is -0.148. The van der Waals surface area contributed by atoms with Gasteiger partial charge < -0.3 is 14.0 Å². The molecule has 0 bridgehead atoms. The number of ether oxygens (including phenoxy) is 2. The number of aromatic nitrogens is 3. The molecular weight excluding hydrogens is 290 g/mol. The lowest BCUT2D eigenvalue weighted by Gasteiger charge is -2.07. The van der Waals surface area contributed by atoms with Gasteiger partial charge in [-0.3, -0.25) is 4.79 Å². The van der Waals surface area contributed by atoms with Gasteiger partial charge in [-0.15, -0.1) is 10.2 Å². The second-order valence-corrected chi connectivity index (χ2v) is 5.99. The molecule has 0 saturated carbocycles. The third kappa shape index (κ3) is 2.87. The number of benzene rings is 1. The number of hydrogen-bond acceptors (Lipinski definition) is 6. The van der Waals surface area contributed by atoms with E-state index in [0.29, 0.717) is 13.0 Å². The Labute approximate surface area is 126 Å². The highest BCUT2D eigenvalue weighted by molar-refractivity contribution is 7.99. The molecule has 3 rings (SSSR count). The molecule has 1 aromatic heterocycles. The predicted octanol–water partition coefficient (Wildman–Crippen LogP) is 1.90. The molecule has 21 heavy (non-hydrogen) atoms. The minimum absolute atomic E-state index is 0.115. The van der Waals surface area contributed by atoms with Crippen molar-refractivity contribution >= 4 is 17.7 Å². The number of cyclic esters (lactones) is 1. The summed E-state index contributed by atoms with van der Waals surface area (Å²) in [4.78, 5) is 11.1. The van der Waals surface area contributed by atoms with Crippen molar-refractivity contribution < 1.29 is 14.3 Å². The fourth-order valence-corrected chi connectivity index (χ4v) is 3.11. The van der Waals surface area contributed by atoms with Crippen LogP contribution in [0.3, 0.4) is 0 Å². The van der Waals surface area contributed by atoms with Crippen molar-refractivity contribution in [1.82, 2.24) is 14.8 Å². The van der Waals surface area contributed by atoms with Crippen LogP contribution in [0.15, 0.2) is 29.4 Å². The van der Waals surface area contributed by atoms with Gasteiger partial charge in [0.15, 0.2) is 11.0 Å². The first-order valence-corrected chi connectivity index (χ1v) is 7.41. The number of esters is 1. The van der Waals surface area contributed by atoms with E-state index in [-0.39, 0.29) is 11.2 Å². The maximum absolute atomic E-state index is 11.1. The van der Waals surface area contributed by atoms with Crippen LogP contribution in [0.1, 0.15) is 6.42 Å². The van der Waals surface area contributed by atoms with Crippen LogP contribution in [0.2, 0.25) is 0 Å². The number of hydrogen-bond donors (Lipinski definition) is 0. The van der Waals surface area contributed by atoms with Crippen molar-refractivity contribution in [3.63, 3.8) is 0 Å². The predicted molar refractivity (Wildman–Crippen MR) is 78.2 cm³/mol. The molecule has 0 spiro atoms. The van der Waals surface area contributed by atoms with Gasteiger partial charge in [-0.2, -0.15) is 0 Å². The van der Waals surface area contributed by atoms with Crippen LogP contribution in [-0.2, 0) is 16.6 Å². The first-order chi connectivity index (χ1) is 10.2. The molecule has 0 amide bonds. The van der Waals surface area contributed by atoms with Crippen molar-refractivity contribution in [3.05, 3.63) is 24.3 Å². The average Bonchev–Trinajstić information content (AvgIpc) is 3.07. The zero-order valence-corrected chi connectivity index (χ0v) is 12.6. The van der Waals surface area contributed by atoms with Crippen LogP contribution in [0.4, 0.5) is 0 Å². The highest BCUT2D eigenvalue weighted by Gasteiger charge is 2.26. The van der Waals surface area contributed by atoms with Gasteiger partial charge >= 0.3 is 5.97 Å². The van der Waals surface area contributed by atoms with Gasteiger partial charge in [-0.25, -0.2) is 0 Å². The topological polar surface area (TPSA) is 66.2 Å². The smallest absolute Gasteiger partial charge is 0.307 e. The zero-order valence-electron chi connectivity index (χ0n) is 11.8. The van der Waals surface area contributed by atoms with E-state index in [4.69, 9.17) is 9.47 Å².